The first-order valence-electron chi connectivity index (χ1n) is 13.7. The Balaban J connectivity index is 1.36. The van der Waals surface area contributed by atoms with Crippen LogP contribution in [0.15, 0.2) is 136 Å². The first-order chi connectivity index (χ1) is 19.8. The fourth-order valence-electron chi connectivity index (χ4n) is 6.45. The lowest BCUT2D eigenvalue weighted by Crippen LogP contribution is -2.16. The average Bonchev–Trinajstić information content (AvgIpc) is 3.40. The molecule has 1 aliphatic carbocycles. The van der Waals surface area contributed by atoms with Gasteiger partial charge in [0.2, 0.25) is 0 Å². The van der Waals surface area contributed by atoms with Crippen LogP contribution in [0.3, 0.4) is 0 Å². The van der Waals surface area contributed by atoms with Crippen LogP contribution in [0.25, 0.3) is 49.9 Å². The topological polar surface area (TPSA) is 16.4 Å². The molecule has 2 aliphatic rings. The molecule has 0 spiro atoms. The van der Waals surface area contributed by atoms with Gasteiger partial charge in [-0.3, -0.25) is 0 Å². The second-order valence-electron chi connectivity index (χ2n) is 10.5. The summed E-state index contributed by atoms with van der Waals surface area (Å²) in [6, 6.07) is 41.4. The highest BCUT2D eigenvalue weighted by Crippen LogP contribution is 2.56. The standard InChI is InChI=1S/C37H23NOS/c1-2-9-23(10-3-1)25-19-20-30-34(22-25)40-37-29-16-7-12-24-11-6-13-26(35(24)29)21-32(37)38(30)31-17-8-15-28-27-14-4-5-18-33(27)39-36(28)31/h1-15,17-22H,16H2. The van der Waals surface area contributed by atoms with Crippen LogP contribution in [0.4, 0.5) is 17.1 Å². The highest BCUT2D eigenvalue weighted by molar-refractivity contribution is 7.99. The predicted octanol–water partition coefficient (Wildman–Crippen LogP) is 10.9. The number of anilines is 3. The molecule has 0 radical (unpaired) electrons. The highest BCUT2D eigenvalue weighted by Gasteiger charge is 2.31. The van der Waals surface area contributed by atoms with Crippen molar-refractivity contribution in [2.24, 2.45) is 0 Å². The maximum absolute atomic E-state index is 6.57. The zero-order valence-corrected chi connectivity index (χ0v) is 22.4. The minimum absolute atomic E-state index is 0.916. The normalized spacial score (nSPS) is 13.7. The van der Waals surface area contributed by atoms with Crippen LogP contribution in [0, 0.1) is 0 Å². The Labute approximate surface area is 236 Å². The van der Waals surface area contributed by atoms with Gasteiger partial charge in [0.05, 0.1) is 17.1 Å². The van der Waals surface area contributed by atoms with Crippen molar-refractivity contribution in [3.8, 4) is 11.1 Å². The van der Waals surface area contributed by atoms with Gasteiger partial charge in [0.15, 0.2) is 5.58 Å². The van der Waals surface area contributed by atoms with Crippen LogP contribution in [-0.4, -0.2) is 0 Å². The molecule has 7 aromatic rings. The Bertz CT molecular complexity index is 2170. The molecular formula is C37H23NOS. The van der Waals surface area contributed by atoms with E-state index < -0.39 is 0 Å². The largest absolute Gasteiger partial charge is 0.454 e. The fourth-order valence-corrected chi connectivity index (χ4v) is 7.69. The quantitative estimate of drug-likeness (QED) is 0.222. The Morgan fingerprint density at radius 3 is 2.45 bits per heavy atom. The number of para-hydroxylation sites is 2. The Hall–Kier alpha value is -4.73. The first kappa shape index (κ1) is 22.1. The van der Waals surface area contributed by atoms with Gasteiger partial charge in [-0.1, -0.05) is 109 Å². The van der Waals surface area contributed by atoms with Gasteiger partial charge >= 0.3 is 0 Å². The minimum atomic E-state index is 0.916. The summed E-state index contributed by atoms with van der Waals surface area (Å²) in [6.45, 7) is 0. The van der Waals surface area contributed by atoms with E-state index in [0.717, 1.165) is 34.0 Å². The lowest BCUT2D eigenvalue weighted by Gasteiger charge is -2.35. The molecular weight excluding hydrogens is 506 g/mol. The Kier molecular flexibility index (Phi) is 4.64. The van der Waals surface area contributed by atoms with Crippen molar-refractivity contribution in [3.05, 3.63) is 132 Å². The smallest absolute Gasteiger partial charge is 0.159 e. The zero-order valence-electron chi connectivity index (χ0n) is 21.6. The number of nitrogens with zero attached hydrogens (tertiary/aromatic N) is 1. The van der Waals surface area contributed by atoms with E-state index in [9.17, 15) is 0 Å². The SMILES string of the molecule is C1=Cc2cccc3cc4c(c(c23)C1)Sc1cc(-c2ccccc2)ccc1N4c1cccc2c1oc1ccccc12. The van der Waals surface area contributed by atoms with Crippen molar-refractivity contribution in [2.45, 2.75) is 16.2 Å². The molecule has 6 aromatic carbocycles. The fraction of sp³-hybridized carbons (Fsp3) is 0.0270. The van der Waals surface area contributed by atoms with E-state index >= 15 is 0 Å². The monoisotopic (exact) mass is 529 g/mol. The molecule has 0 saturated heterocycles. The van der Waals surface area contributed by atoms with Gasteiger partial charge in [-0.05, 0) is 69.8 Å². The molecule has 0 unspecified atom stereocenters. The van der Waals surface area contributed by atoms with Crippen molar-refractivity contribution in [1.82, 2.24) is 0 Å². The van der Waals surface area contributed by atoms with Crippen molar-refractivity contribution in [3.63, 3.8) is 0 Å². The molecule has 1 aliphatic heterocycles. The molecule has 0 saturated carbocycles. The summed E-state index contributed by atoms with van der Waals surface area (Å²) in [5.41, 5.74) is 10.5. The van der Waals surface area contributed by atoms with Gasteiger partial charge in [-0.25, -0.2) is 0 Å². The van der Waals surface area contributed by atoms with Crippen LogP contribution in [0.1, 0.15) is 11.1 Å². The maximum Gasteiger partial charge on any atom is 0.159 e. The second kappa shape index (κ2) is 8.38. The van der Waals surface area contributed by atoms with Crippen molar-refractivity contribution < 1.29 is 4.42 Å². The van der Waals surface area contributed by atoms with Crippen molar-refractivity contribution in [2.75, 3.05) is 4.90 Å². The number of allylic oxidation sites excluding steroid dienone is 1. The molecule has 188 valence electrons. The van der Waals surface area contributed by atoms with E-state index in [4.69, 9.17) is 4.42 Å². The number of hydrogen-bond acceptors (Lipinski definition) is 3. The number of hydrogen-bond donors (Lipinski definition) is 0. The Morgan fingerprint density at radius 2 is 1.50 bits per heavy atom. The number of rotatable bonds is 2. The molecule has 2 nitrogen and oxygen atoms in total. The van der Waals surface area contributed by atoms with Crippen LogP contribution in [0.5, 0.6) is 0 Å². The third kappa shape index (κ3) is 3.13. The van der Waals surface area contributed by atoms with E-state index in [-0.39, 0.29) is 0 Å². The van der Waals surface area contributed by atoms with E-state index in [1.807, 2.05) is 17.8 Å². The predicted molar refractivity (Wildman–Crippen MR) is 168 cm³/mol. The van der Waals surface area contributed by atoms with E-state index in [0.29, 0.717) is 0 Å². The van der Waals surface area contributed by atoms with Gasteiger partial charge in [-0.15, -0.1) is 0 Å². The zero-order chi connectivity index (χ0) is 26.2. The second-order valence-corrected chi connectivity index (χ2v) is 11.5. The summed E-state index contributed by atoms with van der Waals surface area (Å²) in [7, 11) is 0. The molecule has 0 amide bonds. The summed E-state index contributed by atoms with van der Waals surface area (Å²) in [5, 5.41) is 4.94. The maximum atomic E-state index is 6.57. The molecule has 0 bridgehead atoms. The highest BCUT2D eigenvalue weighted by atomic mass is 32.2. The van der Waals surface area contributed by atoms with Crippen LogP contribution in [-0.2, 0) is 6.42 Å². The van der Waals surface area contributed by atoms with Gasteiger partial charge in [-0.2, -0.15) is 0 Å². The van der Waals surface area contributed by atoms with E-state index in [1.165, 1.54) is 54.2 Å². The number of benzene rings is 6. The van der Waals surface area contributed by atoms with Crippen LogP contribution >= 0.6 is 11.8 Å². The third-order valence-corrected chi connectivity index (χ3v) is 9.44. The van der Waals surface area contributed by atoms with Crippen LogP contribution < -0.4 is 4.90 Å². The summed E-state index contributed by atoms with van der Waals surface area (Å²) >= 11 is 1.90. The summed E-state index contributed by atoms with van der Waals surface area (Å²) in [6.07, 6.45) is 5.50. The lowest BCUT2D eigenvalue weighted by atomic mass is 9.92. The molecule has 9 rings (SSSR count). The van der Waals surface area contributed by atoms with Gasteiger partial charge in [0.25, 0.3) is 0 Å². The number of furan rings is 1. The van der Waals surface area contributed by atoms with Crippen molar-refractivity contribution in [1.29, 1.82) is 0 Å². The van der Waals surface area contributed by atoms with E-state index in [1.54, 1.807) is 0 Å². The molecule has 0 N–H and O–H groups in total. The Morgan fingerprint density at radius 1 is 0.650 bits per heavy atom. The van der Waals surface area contributed by atoms with Gasteiger partial charge in [0.1, 0.15) is 5.58 Å². The molecule has 40 heavy (non-hydrogen) atoms. The molecule has 0 fully saturated rings. The summed E-state index contributed by atoms with van der Waals surface area (Å²) in [5.74, 6) is 0. The molecule has 0 atom stereocenters. The third-order valence-electron chi connectivity index (χ3n) is 8.23. The average molecular weight is 530 g/mol. The lowest BCUT2D eigenvalue weighted by molar-refractivity contribution is 0.669. The molecule has 1 aromatic heterocycles. The minimum Gasteiger partial charge on any atom is -0.454 e. The van der Waals surface area contributed by atoms with Gasteiger partial charge < -0.3 is 9.32 Å². The first-order valence-corrected chi connectivity index (χ1v) is 14.5. The van der Waals surface area contributed by atoms with Crippen LogP contribution in [0.2, 0.25) is 0 Å². The van der Waals surface area contributed by atoms with Crippen molar-refractivity contribution >= 4 is 67.6 Å². The van der Waals surface area contributed by atoms with Gasteiger partial charge in [0, 0.05) is 20.6 Å². The summed E-state index contributed by atoms with van der Waals surface area (Å²) < 4.78 is 6.57. The molecule has 2 heterocycles. The van der Waals surface area contributed by atoms with E-state index in [2.05, 4.69) is 126 Å². The summed E-state index contributed by atoms with van der Waals surface area (Å²) in [4.78, 5) is 5.02. The molecule has 3 heteroatoms. The number of fused-ring (bicyclic) bond motifs is 6.